The average Bonchev–Trinajstić information content (AvgIpc) is 2.83. The lowest BCUT2D eigenvalue weighted by molar-refractivity contribution is 0.667. The lowest BCUT2D eigenvalue weighted by Crippen LogP contribution is -2.16. The third-order valence-electron chi connectivity index (χ3n) is 3.41. The number of hydrogen-bond acceptors (Lipinski definition) is 2. The molecule has 3 aromatic rings. The van der Waals surface area contributed by atoms with E-state index in [4.69, 9.17) is 4.42 Å². The van der Waals surface area contributed by atoms with Crippen LogP contribution < -0.4 is 4.90 Å². The fraction of sp³-hybridized carbons (Fsp3) is 0.176. The van der Waals surface area contributed by atoms with Crippen LogP contribution >= 0.6 is 0 Å². The molecule has 0 radical (unpaired) electrons. The Morgan fingerprint density at radius 2 is 1.84 bits per heavy atom. The molecular formula is C17H17NO. The maximum absolute atomic E-state index is 6.02. The second-order valence-electron chi connectivity index (χ2n) is 4.70. The second kappa shape index (κ2) is 4.81. The van der Waals surface area contributed by atoms with Gasteiger partial charge in [0.05, 0.1) is 5.69 Å². The standard InChI is InChI=1S/C17H17NO/c1-3-4-12-18(2)15-10-7-9-14-13-8-5-6-11-16(13)19-17(14)15/h3-11H,12H2,1-2H3/b4-3-. The molecule has 0 spiro atoms. The Kier molecular flexibility index (Phi) is 3.00. The van der Waals surface area contributed by atoms with Gasteiger partial charge in [0.2, 0.25) is 0 Å². The Bertz CT molecular complexity index is 739. The fourth-order valence-electron chi connectivity index (χ4n) is 2.39. The summed E-state index contributed by atoms with van der Waals surface area (Å²) in [7, 11) is 2.09. The Labute approximate surface area is 112 Å². The minimum Gasteiger partial charge on any atom is -0.454 e. The van der Waals surface area contributed by atoms with Crippen LogP contribution in [0.25, 0.3) is 21.9 Å². The first-order chi connectivity index (χ1) is 9.31. The number of likely N-dealkylation sites (N-methyl/N-ethyl adjacent to an activating group) is 1. The topological polar surface area (TPSA) is 16.4 Å². The molecule has 96 valence electrons. The molecule has 0 aliphatic heterocycles. The van der Waals surface area contributed by atoms with Gasteiger partial charge in [-0.2, -0.15) is 0 Å². The van der Waals surface area contributed by atoms with Crippen LogP contribution in [-0.4, -0.2) is 13.6 Å². The van der Waals surface area contributed by atoms with E-state index in [9.17, 15) is 0 Å². The van der Waals surface area contributed by atoms with Crippen molar-refractivity contribution in [3.8, 4) is 0 Å². The molecule has 0 saturated heterocycles. The van der Waals surface area contributed by atoms with E-state index in [-0.39, 0.29) is 0 Å². The lowest BCUT2D eigenvalue weighted by Gasteiger charge is -2.17. The predicted octanol–water partition coefficient (Wildman–Crippen LogP) is 4.60. The van der Waals surface area contributed by atoms with Crippen molar-refractivity contribution in [2.24, 2.45) is 0 Å². The Balaban J connectivity index is 2.20. The van der Waals surface area contributed by atoms with Gasteiger partial charge in [-0.05, 0) is 19.1 Å². The molecule has 2 nitrogen and oxygen atoms in total. The Morgan fingerprint density at radius 1 is 1.05 bits per heavy atom. The van der Waals surface area contributed by atoms with E-state index >= 15 is 0 Å². The van der Waals surface area contributed by atoms with Gasteiger partial charge in [0, 0.05) is 24.4 Å². The third kappa shape index (κ3) is 1.99. The smallest absolute Gasteiger partial charge is 0.158 e. The van der Waals surface area contributed by atoms with Crippen molar-refractivity contribution in [3.63, 3.8) is 0 Å². The molecule has 1 heterocycles. The van der Waals surface area contributed by atoms with Gasteiger partial charge in [0.1, 0.15) is 5.58 Å². The highest BCUT2D eigenvalue weighted by Gasteiger charge is 2.11. The zero-order valence-electron chi connectivity index (χ0n) is 11.3. The van der Waals surface area contributed by atoms with Gasteiger partial charge in [0.25, 0.3) is 0 Å². The first kappa shape index (κ1) is 11.8. The zero-order chi connectivity index (χ0) is 13.2. The number of anilines is 1. The summed E-state index contributed by atoms with van der Waals surface area (Å²) in [5.41, 5.74) is 3.05. The van der Waals surface area contributed by atoms with Crippen molar-refractivity contribution in [1.29, 1.82) is 0 Å². The van der Waals surface area contributed by atoms with Gasteiger partial charge in [-0.25, -0.2) is 0 Å². The van der Waals surface area contributed by atoms with Crippen LogP contribution in [0.4, 0.5) is 5.69 Å². The number of para-hydroxylation sites is 2. The van der Waals surface area contributed by atoms with E-state index in [1.165, 1.54) is 10.8 Å². The minimum atomic E-state index is 0.882. The van der Waals surface area contributed by atoms with E-state index in [2.05, 4.69) is 48.4 Å². The number of furan rings is 1. The van der Waals surface area contributed by atoms with E-state index < -0.39 is 0 Å². The van der Waals surface area contributed by atoms with Crippen molar-refractivity contribution in [1.82, 2.24) is 0 Å². The third-order valence-corrected chi connectivity index (χ3v) is 3.41. The Hall–Kier alpha value is -2.22. The van der Waals surface area contributed by atoms with Crippen LogP contribution in [0.1, 0.15) is 6.92 Å². The molecule has 0 bridgehead atoms. The molecule has 0 unspecified atom stereocenters. The molecule has 2 aromatic carbocycles. The zero-order valence-corrected chi connectivity index (χ0v) is 11.3. The maximum Gasteiger partial charge on any atom is 0.158 e. The van der Waals surface area contributed by atoms with Gasteiger partial charge >= 0.3 is 0 Å². The summed E-state index contributed by atoms with van der Waals surface area (Å²) in [5, 5.41) is 2.36. The summed E-state index contributed by atoms with van der Waals surface area (Å²) in [5.74, 6) is 0. The van der Waals surface area contributed by atoms with Crippen LogP contribution in [0.3, 0.4) is 0 Å². The van der Waals surface area contributed by atoms with Gasteiger partial charge in [-0.1, -0.05) is 42.5 Å². The van der Waals surface area contributed by atoms with Crippen molar-refractivity contribution in [2.75, 3.05) is 18.5 Å². The van der Waals surface area contributed by atoms with Crippen molar-refractivity contribution >= 4 is 27.6 Å². The summed E-state index contributed by atoms with van der Waals surface area (Å²) in [6, 6.07) is 14.5. The summed E-state index contributed by atoms with van der Waals surface area (Å²) in [6.45, 7) is 2.92. The van der Waals surface area contributed by atoms with E-state index in [1.54, 1.807) is 0 Å². The fourth-order valence-corrected chi connectivity index (χ4v) is 2.39. The molecule has 0 fully saturated rings. The van der Waals surface area contributed by atoms with Crippen molar-refractivity contribution in [2.45, 2.75) is 6.92 Å². The van der Waals surface area contributed by atoms with Crippen LogP contribution in [0.2, 0.25) is 0 Å². The van der Waals surface area contributed by atoms with Crippen molar-refractivity contribution < 1.29 is 4.42 Å². The molecule has 0 saturated carbocycles. The van der Waals surface area contributed by atoms with E-state index in [0.29, 0.717) is 0 Å². The quantitative estimate of drug-likeness (QED) is 0.633. The first-order valence-corrected chi connectivity index (χ1v) is 6.54. The van der Waals surface area contributed by atoms with Gasteiger partial charge in [-0.3, -0.25) is 0 Å². The van der Waals surface area contributed by atoms with Crippen molar-refractivity contribution in [3.05, 3.63) is 54.6 Å². The van der Waals surface area contributed by atoms with E-state index in [0.717, 1.165) is 23.4 Å². The first-order valence-electron chi connectivity index (χ1n) is 6.54. The highest BCUT2D eigenvalue weighted by molar-refractivity contribution is 6.08. The number of nitrogens with zero attached hydrogens (tertiary/aromatic N) is 1. The van der Waals surface area contributed by atoms with Gasteiger partial charge < -0.3 is 9.32 Å². The Morgan fingerprint density at radius 3 is 2.68 bits per heavy atom. The second-order valence-corrected chi connectivity index (χ2v) is 4.70. The predicted molar refractivity (Wildman–Crippen MR) is 81.8 cm³/mol. The van der Waals surface area contributed by atoms with E-state index in [1.807, 2.05) is 25.1 Å². The number of fused-ring (bicyclic) bond motifs is 3. The minimum absolute atomic E-state index is 0.882. The number of allylic oxidation sites excluding steroid dienone is 1. The number of benzene rings is 2. The van der Waals surface area contributed by atoms with Gasteiger partial charge in [-0.15, -0.1) is 0 Å². The summed E-state index contributed by atoms with van der Waals surface area (Å²) >= 11 is 0. The molecule has 0 N–H and O–H groups in total. The number of hydrogen-bond donors (Lipinski definition) is 0. The van der Waals surface area contributed by atoms with Crippen LogP contribution in [0.15, 0.2) is 59.0 Å². The number of rotatable bonds is 3. The average molecular weight is 251 g/mol. The molecule has 0 aliphatic rings. The molecule has 1 aromatic heterocycles. The van der Waals surface area contributed by atoms with Gasteiger partial charge in [0.15, 0.2) is 5.58 Å². The molecule has 2 heteroatoms. The molecular weight excluding hydrogens is 234 g/mol. The molecule has 3 rings (SSSR count). The molecule has 0 atom stereocenters. The summed E-state index contributed by atoms with van der Waals surface area (Å²) in [6.07, 6.45) is 4.21. The normalized spacial score (nSPS) is 11.7. The lowest BCUT2D eigenvalue weighted by atomic mass is 10.1. The molecule has 19 heavy (non-hydrogen) atoms. The SMILES string of the molecule is C/C=C\CN(C)c1cccc2c1oc1ccccc12. The highest BCUT2D eigenvalue weighted by Crippen LogP contribution is 2.34. The van der Waals surface area contributed by atoms with Crippen LogP contribution in [-0.2, 0) is 0 Å². The largest absolute Gasteiger partial charge is 0.454 e. The van der Waals surface area contributed by atoms with Crippen LogP contribution in [0.5, 0.6) is 0 Å². The summed E-state index contributed by atoms with van der Waals surface area (Å²) in [4.78, 5) is 2.20. The summed E-state index contributed by atoms with van der Waals surface area (Å²) < 4.78 is 6.02. The molecule has 0 amide bonds. The monoisotopic (exact) mass is 251 g/mol. The molecule has 0 aliphatic carbocycles. The highest BCUT2D eigenvalue weighted by atomic mass is 16.3. The maximum atomic E-state index is 6.02. The van der Waals surface area contributed by atoms with Crippen LogP contribution in [0, 0.1) is 0 Å².